The lowest BCUT2D eigenvalue weighted by Crippen LogP contribution is -2.13. The van der Waals surface area contributed by atoms with Gasteiger partial charge in [-0.15, -0.1) is 0 Å². The number of thiol groups is 1. The summed E-state index contributed by atoms with van der Waals surface area (Å²) in [6.45, 7) is 0.325. The summed E-state index contributed by atoms with van der Waals surface area (Å²) in [6, 6.07) is 7.52. The van der Waals surface area contributed by atoms with E-state index in [1.165, 1.54) is 0 Å². The summed E-state index contributed by atoms with van der Waals surface area (Å²) in [5.74, 6) is 1.44. The number of esters is 1. The Balaban J connectivity index is 1.78. The molecule has 1 saturated carbocycles. The lowest BCUT2D eigenvalue weighted by Gasteiger charge is -2.11. The quantitative estimate of drug-likeness (QED) is 0.635. The molecule has 1 aromatic carbocycles. The Kier molecular flexibility index (Phi) is 4.17. The number of hydrogen-bond acceptors (Lipinski definition) is 4. The maximum absolute atomic E-state index is 11.7. The average molecular weight is 266 g/mol. The topological polar surface area (TPSA) is 35.5 Å². The summed E-state index contributed by atoms with van der Waals surface area (Å²) in [5, 5.41) is 0. The summed E-state index contributed by atoms with van der Waals surface area (Å²) in [4.78, 5) is 11.7. The maximum atomic E-state index is 11.7. The van der Waals surface area contributed by atoms with Crippen molar-refractivity contribution in [3.63, 3.8) is 0 Å². The third-order valence-corrected chi connectivity index (χ3v) is 4.04. The van der Waals surface area contributed by atoms with Crippen LogP contribution in [0.3, 0.4) is 0 Å². The first-order chi connectivity index (χ1) is 8.67. The fourth-order valence-corrected chi connectivity index (χ4v) is 2.24. The van der Waals surface area contributed by atoms with Crippen LogP contribution >= 0.6 is 12.6 Å². The molecule has 0 radical (unpaired) electrons. The number of carbonyl (C=O) groups is 1. The Hall–Kier alpha value is -1.16. The van der Waals surface area contributed by atoms with Crippen molar-refractivity contribution >= 4 is 18.6 Å². The Bertz CT molecular complexity index is 410. The van der Waals surface area contributed by atoms with Gasteiger partial charge in [0.15, 0.2) is 0 Å². The van der Waals surface area contributed by atoms with Crippen LogP contribution < -0.4 is 4.74 Å². The molecule has 4 heteroatoms. The highest BCUT2D eigenvalue weighted by Gasteiger charge is 2.43. The van der Waals surface area contributed by atoms with Crippen LogP contribution in [0.2, 0.25) is 0 Å². The van der Waals surface area contributed by atoms with E-state index in [-0.39, 0.29) is 11.4 Å². The fourth-order valence-electron chi connectivity index (χ4n) is 1.81. The highest BCUT2D eigenvalue weighted by atomic mass is 32.1. The molecule has 1 aliphatic carbocycles. The highest BCUT2D eigenvalue weighted by Crippen LogP contribution is 2.49. The third-order valence-electron chi connectivity index (χ3n) is 3.37. The van der Waals surface area contributed by atoms with E-state index in [2.05, 4.69) is 12.6 Å². The third kappa shape index (κ3) is 3.42. The van der Waals surface area contributed by atoms with E-state index in [1.54, 1.807) is 7.11 Å². The van der Waals surface area contributed by atoms with Crippen LogP contribution in [-0.2, 0) is 16.1 Å². The van der Waals surface area contributed by atoms with E-state index in [0.717, 1.165) is 29.9 Å². The van der Waals surface area contributed by atoms with Crippen LogP contribution in [0, 0.1) is 5.41 Å². The van der Waals surface area contributed by atoms with E-state index < -0.39 is 0 Å². The average Bonchev–Trinajstić information content (AvgIpc) is 3.17. The van der Waals surface area contributed by atoms with Gasteiger partial charge >= 0.3 is 5.97 Å². The van der Waals surface area contributed by atoms with E-state index in [4.69, 9.17) is 9.47 Å². The van der Waals surface area contributed by atoms with Gasteiger partial charge in [0.05, 0.1) is 13.5 Å². The second kappa shape index (κ2) is 5.65. The van der Waals surface area contributed by atoms with Crippen LogP contribution in [-0.4, -0.2) is 18.8 Å². The first-order valence-electron chi connectivity index (χ1n) is 6.07. The highest BCUT2D eigenvalue weighted by molar-refractivity contribution is 7.80. The molecule has 0 N–H and O–H groups in total. The van der Waals surface area contributed by atoms with Gasteiger partial charge in [0.2, 0.25) is 0 Å². The van der Waals surface area contributed by atoms with Crippen LogP contribution in [0.15, 0.2) is 24.3 Å². The van der Waals surface area contributed by atoms with E-state index in [9.17, 15) is 4.79 Å². The van der Waals surface area contributed by atoms with Gasteiger partial charge < -0.3 is 9.47 Å². The van der Waals surface area contributed by atoms with Crippen LogP contribution in [0.4, 0.5) is 0 Å². The summed E-state index contributed by atoms with van der Waals surface area (Å²) >= 11 is 4.28. The summed E-state index contributed by atoms with van der Waals surface area (Å²) < 4.78 is 10.3. The molecule has 2 rings (SSSR count). The monoisotopic (exact) mass is 266 g/mol. The van der Waals surface area contributed by atoms with Crippen molar-refractivity contribution in [2.75, 3.05) is 12.9 Å². The molecule has 1 fully saturated rings. The first-order valence-corrected chi connectivity index (χ1v) is 6.70. The Morgan fingerprint density at radius 3 is 2.50 bits per heavy atom. The molecule has 0 spiro atoms. The molecule has 0 heterocycles. The van der Waals surface area contributed by atoms with Crippen LogP contribution in [0.25, 0.3) is 0 Å². The number of methoxy groups -OCH3 is 1. The Labute approximate surface area is 113 Å². The predicted molar refractivity (Wildman–Crippen MR) is 72.9 cm³/mol. The smallest absolute Gasteiger partial charge is 0.306 e. The zero-order valence-corrected chi connectivity index (χ0v) is 11.4. The first kappa shape index (κ1) is 13.3. The molecule has 0 saturated heterocycles. The van der Waals surface area contributed by atoms with Gasteiger partial charge in [0, 0.05) is 0 Å². The zero-order chi connectivity index (χ0) is 13.0. The summed E-state index contributed by atoms with van der Waals surface area (Å²) in [5.41, 5.74) is 1.10. The van der Waals surface area contributed by atoms with Gasteiger partial charge in [-0.2, -0.15) is 12.6 Å². The minimum atomic E-state index is -0.127. The van der Waals surface area contributed by atoms with E-state index in [0.29, 0.717) is 13.0 Å². The van der Waals surface area contributed by atoms with Gasteiger partial charge in [-0.1, -0.05) is 12.1 Å². The van der Waals surface area contributed by atoms with Crippen molar-refractivity contribution in [3.05, 3.63) is 29.8 Å². The van der Waals surface area contributed by atoms with Gasteiger partial charge in [0.1, 0.15) is 12.4 Å². The minimum Gasteiger partial charge on any atom is -0.497 e. The standard InChI is InChI=1S/C14H18O3S/c1-16-12-4-2-11(3-5-12)9-17-13(15)8-14(10-18)6-7-14/h2-5,18H,6-10H2,1H3. The van der Waals surface area contributed by atoms with Crippen molar-refractivity contribution in [1.82, 2.24) is 0 Å². The SMILES string of the molecule is COc1ccc(COC(=O)CC2(CS)CC2)cc1. The lowest BCUT2D eigenvalue weighted by molar-refractivity contribution is -0.146. The normalized spacial score (nSPS) is 16.1. The predicted octanol–water partition coefficient (Wildman–Crippen LogP) is 2.84. The number of carbonyl (C=O) groups excluding carboxylic acids is 1. The van der Waals surface area contributed by atoms with Crippen molar-refractivity contribution in [2.45, 2.75) is 25.9 Å². The van der Waals surface area contributed by atoms with Gasteiger partial charge in [-0.3, -0.25) is 4.79 Å². The number of ether oxygens (including phenoxy) is 2. The molecule has 0 atom stereocenters. The molecular formula is C14H18O3S. The molecule has 1 aliphatic rings. The molecule has 3 nitrogen and oxygen atoms in total. The Morgan fingerprint density at radius 2 is 2.00 bits per heavy atom. The summed E-state index contributed by atoms with van der Waals surface area (Å²) in [6.07, 6.45) is 2.68. The fraction of sp³-hybridized carbons (Fsp3) is 0.500. The van der Waals surface area contributed by atoms with Crippen molar-refractivity contribution in [1.29, 1.82) is 0 Å². The van der Waals surface area contributed by atoms with Crippen LogP contribution in [0.1, 0.15) is 24.8 Å². The molecule has 18 heavy (non-hydrogen) atoms. The molecule has 0 aromatic heterocycles. The molecular weight excluding hydrogens is 248 g/mol. The van der Waals surface area contributed by atoms with E-state index in [1.807, 2.05) is 24.3 Å². The van der Waals surface area contributed by atoms with Crippen LogP contribution in [0.5, 0.6) is 5.75 Å². The Morgan fingerprint density at radius 1 is 1.33 bits per heavy atom. The second-order valence-corrected chi connectivity index (χ2v) is 5.16. The largest absolute Gasteiger partial charge is 0.497 e. The number of benzene rings is 1. The maximum Gasteiger partial charge on any atom is 0.306 e. The summed E-state index contributed by atoms with van der Waals surface area (Å²) in [7, 11) is 1.63. The van der Waals surface area contributed by atoms with Gasteiger partial charge in [-0.05, 0) is 41.7 Å². The molecule has 0 unspecified atom stereocenters. The zero-order valence-electron chi connectivity index (χ0n) is 10.5. The second-order valence-electron chi connectivity index (χ2n) is 4.84. The van der Waals surface area contributed by atoms with Crippen molar-refractivity contribution in [2.24, 2.45) is 5.41 Å². The minimum absolute atomic E-state index is 0.125. The van der Waals surface area contributed by atoms with Crippen molar-refractivity contribution < 1.29 is 14.3 Å². The van der Waals surface area contributed by atoms with E-state index >= 15 is 0 Å². The van der Waals surface area contributed by atoms with Gasteiger partial charge in [0.25, 0.3) is 0 Å². The molecule has 0 bridgehead atoms. The lowest BCUT2D eigenvalue weighted by atomic mass is 10.1. The molecule has 0 aliphatic heterocycles. The molecule has 0 amide bonds. The number of rotatable bonds is 6. The molecule has 98 valence electrons. The van der Waals surface area contributed by atoms with Gasteiger partial charge in [-0.25, -0.2) is 0 Å². The number of hydrogen-bond donors (Lipinski definition) is 1. The molecule has 1 aromatic rings. The van der Waals surface area contributed by atoms with Crippen molar-refractivity contribution in [3.8, 4) is 5.75 Å².